The van der Waals surface area contributed by atoms with Gasteiger partial charge in [-0.25, -0.2) is 9.97 Å². The minimum atomic E-state index is -4.32. The third-order valence-corrected chi connectivity index (χ3v) is 6.58. The first-order chi connectivity index (χ1) is 17.2. The summed E-state index contributed by atoms with van der Waals surface area (Å²) in [6, 6.07) is 6.03. The lowest BCUT2D eigenvalue weighted by Crippen LogP contribution is -2.24. The molecule has 0 radical (unpaired) electrons. The van der Waals surface area contributed by atoms with Crippen LogP contribution in [0, 0.1) is 0 Å². The summed E-state index contributed by atoms with van der Waals surface area (Å²) in [6.45, 7) is 4.13. The van der Waals surface area contributed by atoms with Crippen LogP contribution >= 0.6 is 13.5 Å². The second-order valence-electron chi connectivity index (χ2n) is 9.18. The van der Waals surface area contributed by atoms with Gasteiger partial charge in [0, 0.05) is 31.2 Å². The van der Waals surface area contributed by atoms with Crippen molar-refractivity contribution in [1.29, 1.82) is 0 Å². The van der Waals surface area contributed by atoms with Crippen molar-refractivity contribution in [3.63, 3.8) is 0 Å². The van der Waals surface area contributed by atoms with E-state index >= 15 is 0 Å². The zero-order chi connectivity index (χ0) is 25.4. The van der Waals surface area contributed by atoms with Gasteiger partial charge >= 0.3 is 6.18 Å². The Balaban J connectivity index is 0.00000320. The Bertz CT molecular complexity index is 1280. The summed E-state index contributed by atoms with van der Waals surface area (Å²) in [5, 5.41) is 11.0. The van der Waals surface area contributed by atoms with Crippen molar-refractivity contribution in [3.05, 3.63) is 47.4 Å². The van der Waals surface area contributed by atoms with Gasteiger partial charge in [-0.3, -0.25) is 9.69 Å². The number of hydrogen-bond donors (Lipinski definition) is 1. The van der Waals surface area contributed by atoms with Crippen LogP contribution in [0.1, 0.15) is 53.8 Å². The van der Waals surface area contributed by atoms with Crippen molar-refractivity contribution in [2.24, 2.45) is 0 Å². The van der Waals surface area contributed by atoms with Crippen LogP contribution in [0.15, 0.2) is 30.6 Å². The number of nitrogens with zero attached hydrogens (tertiary/aromatic N) is 7. The van der Waals surface area contributed by atoms with Gasteiger partial charge in [-0.2, -0.15) is 26.7 Å². The molecular formula is C24H29F3N8OS. The molecule has 5 heterocycles. The molecule has 5 rings (SSSR count). The molecule has 0 spiro atoms. The molecule has 3 aromatic heterocycles. The highest BCUT2D eigenvalue weighted by Crippen LogP contribution is 2.34. The number of amides is 1. The molecule has 0 aliphatic carbocycles. The molecule has 1 fully saturated rings. The van der Waals surface area contributed by atoms with Crippen molar-refractivity contribution < 1.29 is 18.0 Å². The first-order valence-corrected chi connectivity index (χ1v) is 11.9. The van der Waals surface area contributed by atoms with Crippen LogP contribution in [0.4, 0.5) is 24.8 Å². The maximum atomic E-state index is 13.5. The smallest absolute Gasteiger partial charge is 0.357 e. The zero-order valence-corrected chi connectivity index (χ0v) is 21.6. The molecule has 0 unspecified atom stereocenters. The predicted molar refractivity (Wildman–Crippen MR) is 138 cm³/mol. The third kappa shape index (κ3) is 5.42. The lowest BCUT2D eigenvalue weighted by molar-refractivity contribution is -0.141. The summed E-state index contributed by atoms with van der Waals surface area (Å²) in [5.74, 6) is 1.23. The van der Waals surface area contributed by atoms with Crippen molar-refractivity contribution in [3.8, 4) is 11.5 Å². The van der Waals surface area contributed by atoms with Gasteiger partial charge in [0.2, 0.25) is 0 Å². The number of aromatic nitrogens is 5. The summed E-state index contributed by atoms with van der Waals surface area (Å²) in [5.41, 5.74) is 2.62. The quantitative estimate of drug-likeness (QED) is 0.493. The zero-order valence-electron chi connectivity index (χ0n) is 20.6. The van der Waals surface area contributed by atoms with Gasteiger partial charge in [0.05, 0.1) is 24.2 Å². The standard InChI is InChI=1S/C24H27F3N8O.H2S/c1-15(11-24(25,26)27)35-14-29-32-22(35)18-6-5-7-20(30-18)34-13-17-16(23(34)36)10-21(31-19(17)12-28-2)33-8-3-4-9-33;/h5-7,10,14-15,28H,3-4,8-9,11-13H2,1-2H3;1H2/t15-;/m0./s1. The number of alkyl halides is 3. The molecule has 1 saturated heterocycles. The van der Waals surface area contributed by atoms with Crippen LogP contribution < -0.4 is 15.1 Å². The molecule has 0 bridgehead atoms. The first-order valence-electron chi connectivity index (χ1n) is 11.9. The molecule has 13 heteroatoms. The van der Waals surface area contributed by atoms with Crippen LogP contribution in [0.2, 0.25) is 0 Å². The monoisotopic (exact) mass is 534 g/mol. The minimum absolute atomic E-state index is 0. The maximum absolute atomic E-state index is 13.5. The summed E-state index contributed by atoms with van der Waals surface area (Å²) >= 11 is 0. The highest BCUT2D eigenvalue weighted by atomic mass is 32.1. The highest BCUT2D eigenvalue weighted by molar-refractivity contribution is 7.59. The molecule has 0 aromatic carbocycles. The minimum Gasteiger partial charge on any atom is -0.357 e. The van der Waals surface area contributed by atoms with E-state index in [1.165, 1.54) is 17.8 Å². The van der Waals surface area contributed by atoms with Gasteiger partial charge in [0.1, 0.15) is 23.7 Å². The fraction of sp³-hybridized carbons (Fsp3) is 0.458. The number of halogens is 3. The molecule has 2 aliphatic heterocycles. The van der Waals surface area contributed by atoms with Gasteiger partial charge in [0.25, 0.3) is 5.91 Å². The van der Waals surface area contributed by atoms with E-state index in [0.29, 0.717) is 30.2 Å². The van der Waals surface area contributed by atoms with Crippen LogP contribution in [0.5, 0.6) is 0 Å². The second-order valence-corrected chi connectivity index (χ2v) is 9.18. The Morgan fingerprint density at radius 1 is 1.14 bits per heavy atom. The first kappa shape index (κ1) is 26.9. The lowest BCUT2D eigenvalue weighted by Gasteiger charge is -2.18. The SMILES string of the molecule is CNCc1nc(N2CCCC2)cc2c1CN(c1cccc(-c3nncn3[C@@H](C)CC(F)(F)F)n1)C2=O.S. The number of carbonyl (C=O) groups excluding carboxylic acids is 1. The molecule has 37 heavy (non-hydrogen) atoms. The Labute approximate surface area is 219 Å². The van der Waals surface area contributed by atoms with E-state index in [4.69, 9.17) is 4.98 Å². The van der Waals surface area contributed by atoms with Crippen molar-refractivity contribution in [2.45, 2.75) is 51.5 Å². The van der Waals surface area contributed by atoms with Crippen molar-refractivity contribution >= 4 is 31.0 Å². The van der Waals surface area contributed by atoms with Crippen LogP contribution in [0.25, 0.3) is 11.5 Å². The van der Waals surface area contributed by atoms with Gasteiger partial charge in [-0.1, -0.05) is 6.07 Å². The fourth-order valence-corrected chi connectivity index (χ4v) is 4.84. The van der Waals surface area contributed by atoms with E-state index < -0.39 is 18.6 Å². The fourth-order valence-electron chi connectivity index (χ4n) is 4.84. The largest absolute Gasteiger partial charge is 0.391 e. The molecule has 3 aromatic rings. The van der Waals surface area contributed by atoms with Crippen LogP contribution in [0.3, 0.4) is 0 Å². The van der Waals surface area contributed by atoms with E-state index in [0.717, 1.165) is 43.0 Å². The predicted octanol–water partition coefficient (Wildman–Crippen LogP) is 3.84. The van der Waals surface area contributed by atoms with Gasteiger partial charge in [-0.15, -0.1) is 10.2 Å². The van der Waals surface area contributed by atoms with Crippen molar-refractivity contribution in [1.82, 2.24) is 30.0 Å². The third-order valence-electron chi connectivity index (χ3n) is 6.58. The molecule has 1 atom stereocenters. The van der Waals surface area contributed by atoms with Crippen LogP contribution in [-0.2, 0) is 13.1 Å². The molecule has 2 aliphatic rings. The average molecular weight is 535 g/mol. The number of pyridine rings is 2. The van der Waals surface area contributed by atoms with E-state index in [2.05, 4.69) is 25.4 Å². The summed E-state index contributed by atoms with van der Waals surface area (Å²) < 4.78 is 40.2. The topological polar surface area (TPSA) is 92.1 Å². The Morgan fingerprint density at radius 2 is 1.89 bits per heavy atom. The number of nitrogens with one attached hydrogen (secondary N) is 1. The van der Waals surface area contributed by atoms with E-state index in [-0.39, 0.29) is 25.2 Å². The summed E-state index contributed by atoms with van der Waals surface area (Å²) in [7, 11) is 1.84. The molecule has 1 N–H and O–H groups in total. The Hall–Kier alpha value is -3.19. The van der Waals surface area contributed by atoms with E-state index in [9.17, 15) is 18.0 Å². The second kappa shape index (κ2) is 10.7. The molecule has 198 valence electrons. The Kier molecular flexibility index (Phi) is 7.74. The molecule has 0 saturated carbocycles. The summed E-state index contributed by atoms with van der Waals surface area (Å²) in [4.78, 5) is 26.7. The van der Waals surface area contributed by atoms with Gasteiger partial charge in [-0.05, 0) is 45.0 Å². The number of fused-ring (bicyclic) bond motifs is 1. The number of hydrogen-bond acceptors (Lipinski definition) is 7. The normalized spacial score (nSPS) is 16.2. The van der Waals surface area contributed by atoms with Crippen molar-refractivity contribution in [2.75, 3.05) is 29.9 Å². The van der Waals surface area contributed by atoms with Gasteiger partial charge in [0.15, 0.2) is 5.82 Å². The summed E-state index contributed by atoms with van der Waals surface area (Å²) in [6.07, 6.45) is -1.87. The number of rotatable bonds is 7. The number of anilines is 2. The maximum Gasteiger partial charge on any atom is 0.391 e. The van der Waals surface area contributed by atoms with E-state index in [1.807, 2.05) is 13.1 Å². The van der Waals surface area contributed by atoms with E-state index in [1.54, 1.807) is 23.1 Å². The average Bonchev–Trinajstić information content (AvgIpc) is 3.59. The lowest BCUT2D eigenvalue weighted by atomic mass is 10.1. The van der Waals surface area contributed by atoms with Gasteiger partial charge < -0.3 is 14.8 Å². The molecule has 9 nitrogen and oxygen atoms in total. The Morgan fingerprint density at radius 3 is 2.59 bits per heavy atom. The van der Waals surface area contributed by atoms with Crippen LogP contribution in [-0.4, -0.2) is 57.0 Å². The highest BCUT2D eigenvalue weighted by Gasteiger charge is 2.34. The molecular weight excluding hydrogens is 505 g/mol. The number of carbonyl (C=O) groups is 1. The molecule has 1 amide bonds.